The SMILES string of the molecule is CCCC/C=C\SC(c1ccccc1)=[N+](C)c1ccccc1. The highest BCUT2D eigenvalue weighted by Crippen LogP contribution is 2.20. The lowest BCUT2D eigenvalue weighted by Crippen LogP contribution is -2.10. The number of rotatable bonds is 6. The zero-order valence-electron chi connectivity index (χ0n) is 13.4. The van der Waals surface area contributed by atoms with Crippen molar-refractivity contribution in [1.29, 1.82) is 0 Å². The Balaban J connectivity index is 2.28. The normalized spacial score (nSPS) is 12.5. The molecule has 0 aliphatic heterocycles. The Bertz CT molecular complexity index is 615. The van der Waals surface area contributed by atoms with E-state index in [1.807, 2.05) is 0 Å². The Hall–Kier alpha value is -1.80. The van der Waals surface area contributed by atoms with E-state index >= 15 is 0 Å². The Morgan fingerprint density at radius 2 is 1.64 bits per heavy atom. The number of nitrogens with zero attached hydrogens (tertiary/aromatic N) is 1. The maximum atomic E-state index is 2.27. The molecule has 2 aromatic rings. The van der Waals surface area contributed by atoms with Gasteiger partial charge in [-0.3, -0.25) is 0 Å². The molecule has 2 heteroatoms. The average Bonchev–Trinajstić information content (AvgIpc) is 2.59. The van der Waals surface area contributed by atoms with Gasteiger partial charge in [-0.05, 0) is 35.7 Å². The molecular formula is C20H24NS+. The first-order valence-electron chi connectivity index (χ1n) is 7.85. The van der Waals surface area contributed by atoms with E-state index in [1.54, 1.807) is 11.8 Å². The Labute approximate surface area is 138 Å². The first kappa shape index (κ1) is 16.6. The van der Waals surface area contributed by atoms with Gasteiger partial charge in [-0.2, -0.15) is 4.58 Å². The summed E-state index contributed by atoms with van der Waals surface area (Å²) in [7, 11) is 2.13. The third-order valence-electron chi connectivity index (χ3n) is 3.47. The predicted octanol–water partition coefficient (Wildman–Crippen LogP) is 5.84. The van der Waals surface area contributed by atoms with E-state index in [-0.39, 0.29) is 0 Å². The molecule has 0 fully saturated rings. The van der Waals surface area contributed by atoms with Crippen LogP contribution < -0.4 is 0 Å². The summed E-state index contributed by atoms with van der Waals surface area (Å²) in [6.07, 6.45) is 5.93. The summed E-state index contributed by atoms with van der Waals surface area (Å²) < 4.78 is 2.25. The second-order valence-corrected chi connectivity index (χ2v) is 6.09. The first-order valence-corrected chi connectivity index (χ1v) is 8.73. The van der Waals surface area contributed by atoms with Crippen LogP contribution in [0.2, 0.25) is 0 Å². The van der Waals surface area contributed by atoms with Gasteiger partial charge >= 0.3 is 0 Å². The van der Waals surface area contributed by atoms with Crippen LogP contribution >= 0.6 is 11.8 Å². The van der Waals surface area contributed by atoms with Gasteiger partial charge in [-0.25, -0.2) is 0 Å². The van der Waals surface area contributed by atoms with E-state index in [4.69, 9.17) is 0 Å². The molecule has 0 N–H and O–H groups in total. The fraction of sp³-hybridized carbons (Fsp3) is 0.250. The minimum Gasteiger partial charge on any atom is -0.189 e. The van der Waals surface area contributed by atoms with Crippen molar-refractivity contribution in [3.8, 4) is 0 Å². The van der Waals surface area contributed by atoms with Crippen molar-refractivity contribution in [1.82, 2.24) is 0 Å². The van der Waals surface area contributed by atoms with E-state index < -0.39 is 0 Å². The van der Waals surface area contributed by atoms with Crippen LogP contribution in [-0.4, -0.2) is 16.7 Å². The van der Waals surface area contributed by atoms with Crippen LogP contribution in [0.1, 0.15) is 31.7 Å². The molecular weight excluding hydrogens is 286 g/mol. The van der Waals surface area contributed by atoms with Crippen molar-refractivity contribution >= 4 is 22.5 Å². The van der Waals surface area contributed by atoms with Crippen molar-refractivity contribution in [3.05, 3.63) is 77.7 Å². The molecule has 2 rings (SSSR count). The molecule has 0 heterocycles. The fourth-order valence-electron chi connectivity index (χ4n) is 2.19. The number of hydrogen-bond acceptors (Lipinski definition) is 1. The lowest BCUT2D eigenvalue weighted by Gasteiger charge is -2.04. The Kier molecular flexibility index (Phi) is 6.98. The molecule has 0 saturated carbocycles. The van der Waals surface area contributed by atoms with Gasteiger partial charge in [0.1, 0.15) is 7.05 Å². The fourth-order valence-corrected chi connectivity index (χ4v) is 3.09. The summed E-state index contributed by atoms with van der Waals surface area (Å²) in [5.41, 5.74) is 2.45. The Morgan fingerprint density at radius 1 is 1.00 bits per heavy atom. The zero-order valence-corrected chi connectivity index (χ0v) is 14.2. The number of hydrogen-bond donors (Lipinski definition) is 0. The molecule has 0 amide bonds. The molecule has 0 unspecified atom stereocenters. The predicted molar refractivity (Wildman–Crippen MR) is 99.1 cm³/mol. The number of unbranched alkanes of at least 4 members (excludes halogenated alkanes) is 2. The van der Waals surface area contributed by atoms with Crippen molar-refractivity contribution in [3.63, 3.8) is 0 Å². The number of benzene rings is 2. The van der Waals surface area contributed by atoms with Crippen LogP contribution in [0.25, 0.3) is 0 Å². The minimum absolute atomic E-state index is 1.15. The lowest BCUT2D eigenvalue weighted by molar-refractivity contribution is -0.401. The third-order valence-corrected chi connectivity index (χ3v) is 4.53. The monoisotopic (exact) mass is 310 g/mol. The third kappa shape index (κ3) is 4.88. The van der Waals surface area contributed by atoms with Crippen molar-refractivity contribution in [2.75, 3.05) is 7.05 Å². The summed E-state index contributed by atoms with van der Waals surface area (Å²) in [6, 6.07) is 21.1. The van der Waals surface area contributed by atoms with Crippen LogP contribution in [-0.2, 0) is 0 Å². The molecule has 0 aromatic heterocycles. The van der Waals surface area contributed by atoms with Crippen molar-refractivity contribution in [2.45, 2.75) is 26.2 Å². The molecule has 1 nitrogen and oxygen atoms in total. The summed E-state index contributed by atoms with van der Waals surface area (Å²) in [4.78, 5) is 0. The van der Waals surface area contributed by atoms with Crippen LogP contribution in [0.4, 0.5) is 5.69 Å². The summed E-state index contributed by atoms with van der Waals surface area (Å²) in [5.74, 6) is 0. The van der Waals surface area contributed by atoms with E-state index in [0.29, 0.717) is 0 Å². The van der Waals surface area contributed by atoms with E-state index in [9.17, 15) is 0 Å². The van der Waals surface area contributed by atoms with Gasteiger partial charge in [-0.1, -0.05) is 62.2 Å². The van der Waals surface area contributed by atoms with Crippen LogP contribution in [0.5, 0.6) is 0 Å². The maximum absolute atomic E-state index is 2.27. The summed E-state index contributed by atoms with van der Waals surface area (Å²) in [6.45, 7) is 2.23. The van der Waals surface area contributed by atoms with Crippen molar-refractivity contribution < 1.29 is 4.58 Å². The van der Waals surface area contributed by atoms with Gasteiger partial charge in [0.2, 0.25) is 5.69 Å². The van der Waals surface area contributed by atoms with Gasteiger partial charge in [0.25, 0.3) is 5.04 Å². The standard InChI is InChI=1S/C20H24NS/c1-3-4-5-12-17-22-20(18-13-8-6-9-14-18)21(2)19-15-10-7-11-16-19/h6-17H,3-5H2,1-2H3/q+1/b17-12-,21-20?. The summed E-state index contributed by atoms with van der Waals surface area (Å²) >= 11 is 1.79. The maximum Gasteiger partial charge on any atom is 0.251 e. The number of thioether (sulfide) groups is 1. The highest BCUT2D eigenvalue weighted by Gasteiger charge is 2.15. The minimum atomic E-state index is 1.15. The molecule has 0 bridgehead atoms. The van der Waals surface area contributed by atoms with Crippen LogP contribution in [0.15, 0.2) is 72.1 Å². The molecule has 22 heavy (non-hydrogen) atoms. The number of para-hydroxylation sites is 1. The molecule has 0 saturated heterocycles. The lowest BCUT2D eigenvalue weighted by atomic mass is 10.2. The molecule has 0 atom stereocenters. The molecule has 0 aliphatic rings. The van der Waals surface area contributed by atoms with Gasteiger partial charge < -0.3 is 0 Å². The van der Waals surface area contributed by atoms with Crippen LogP contribution in [0, 0.1) is 0 Å². The average molecular weight is 310 g/mol. The second-order valence-electron chi connectivity index (χ2n) is 5.20. The molecule has 0 spiro atoms. The second kappa shape index (κ2) is 9.26. The smallest absolute Gasteiger partial charge is 0.189 e. The van der Waals surface area contributed by atoms with Crippen LogP contribution in [0.3, 0.4) is 0 Å². The number of allylic oxidation sites excluding steroid dienone is 1. The van der Waals surface area contributed by atoms with E-state index in [1.165, 1.54) is 29.1 Å². The Morgan fingerprint density at radius 3 is 2.27 bits per heavy atom. The van der Waals surface area contributed by atoms with Gasteiger partial charge in [0, 0.05) is 12.1 Å². The highest BCUT2D eigenvalue weighted by molar-refractivity contribution is 8.16. The topological polar surface area (TPSA) is 3.01 Å². The van der Waals surface area contributed by atoms with Crippen molar-refractivity contribution in [2.24, 2.45) is 0 Å². The highest BCUT2D eigenvalue weighted by atomic mass is 32.2. The van der Waals surface area contributed by atoms with Gasteiger partial charge in [0.15, 0.2) is 0 Å². The zero-order chi connectivity index (χ0) is 15.6. The quantitative estimate of drug-likeness (QED) is 0.280. The summed E-state index contributed by atoms with van der Waals surface area (Å²) in [5, 5.41) is 3.47. The molecule has 114 valence electrons. The molecule has 0 aliphatic carbocycles. The van der Waals surface area contributed by atoms with Gasteiger partial charge in [-0.15, -0.1) is 0 Å². The largest absolute Gasteiger partial charge is 0.251 e. The molecule has 2 aromatic carbocycles. The van der Waals surface area contributed by atoms with E-state index in [2.05, 4.69) is 90.7 Å². The first-order chi connectivity index (χ1) is 10.8. The van der Waals surface area contributed by atoms with E-state index in [0.717, 1.165) is 6.42 Å². The molecule has 0 radical (unpaired) electrons. The van der Waals surface area contributed by atoms with Gasteiger partial charge in [0.05, 0.1) is 5.56 Å².